The van der Waals surface area contributed by atoms with Gasteiger partial charge in [-0.1, -0.05) is 0 Å². The summed E-state index contributed by atoms with van der Waals surface area (Å²) in [5, 5.41) is 0. The third-order valence-electron chi connectivity index (χ3n) is 5.89. The van der Waals surface area contributed by atoms with E-state index in [0.29, 0.717) is 30.1 Å². The Balaban J connectivity index is 1.65. The molecular weight excluding hydrogens is 374 g/mol. The zero-order valence-corrected chi connectivity index (χ0v) is 16.5. The summed E-state index contributed by atoms with van der Waals surface area (Å²) < 4.78 is 21.9. The van der Waals surface area contributed by atoms with Crippen LogP contribution in [0.15, 0.2) is 24.3 Å². The van der Waals surface area contributed by atoms with Crippen LogP contribution >= 0.6 is 0 Å². The normalized spacial score (nSPS) is 20.6. The number of fused-ring (bicyclic) bond motifs is 7. The Bertz CT molecular complexity index is 1050. The van der Waals surface area contributed by atoms with Gasteiger partial charge in [0, 0.05) is 13.8 Å². The van der Waals surface area contributed by atoms with Crippen molar-refractivity contribution in [1.82, 2.24) is 4.90 Å². The molecule has 0 spiro atoms. The molecule has 0 radical (unpaired) electrons. The average Bonchev–Trinajstić information content (AvgIpc) is 3.12. The zero-order valence-electron chi connectivity index (χ0n) is 16.5. The molecular formula is C22H21NO6. The van der Waals surface area contributed by atoms with Gasteiger partial charge in [0.25, 0.3) is 0 Å². The van der Waals surface area contributed by atoms with Crippen LogP contribution < -0.4 is 18.9 Å². The summed E-state index contributed by atoms with van der Waals surface area (Å²) >= 11 is 0. The number of hydrogen-bond donors (Lipinski definition) is 0. The maximum absolute atomic E-state index is 12.6. The standard InChI is InChI=1S/C22H21NO6/c1-11(24)23-17-4-13-6-20-21(28-10-27-20)9-16(13)18(23)5-14-7-22(29-12(2)25)19(26-3)8-15(14)17/h6-9,17-18H,4-5,10H2,1-3H3. The van der Waals surface area contributed by atoms with E-state index < -0.39 is 5.97 Å². The molecule has 2 bridgehead atoms. The maximum Gasteiger partial charge on any atom is 0.308 e. The Morgan fingerprint density at radius 1 is 0.931 bits per heavy atom. The molecule has 0 N–H and O–H groups in total. The van der Waals surface area contributed by atoms with Gasteiger partial charge in [-0.15, -0.1) is 0 Å². The minimum atomic E-state index is -0.400. The second-order valence-electron chi connectivity index (χ2n) is 7.57. The van der Waals surface area contributed by atoms with Crippen molar-refractivity contribution in [3.63, 3.8) is 0 Å². The third kappa shape index (κ3) is 2.72. The molecule has 150 valence electrons. The quantitative estimate of drug-likeness (QED) is 0.575. The predicted octanol–water partition coefficient (Wildman–Crippen LogP) is 3.09. The maximum atomic E-state index is 12.6. The number of rotatable bonds is 2. The Labute approximate surface area is 168 Å². The summed E-state index contributed by atoms with van der Waals surface area (Å²) in [7, 11) is 1.54. The fourth-order valence-electron chi connectivity index (χ4n) is 4.77. The molecule has 29 heavy (non-hydrogen) atoms. The van der Waals surface area contributed by atoms with E-state index in [4.69, 9.17) is 18.9 Å². The van der Waals surface area contributed by atoms with Crippen LogP contribution in [0.3, 0.4) is 0 Å². The van der Waals surface area contributed by atoms with E-state index in [1.165, 1.54) is 6.92 Å². The monoisotopic (exact) mass is 395 g/mol. The molecule has 7 heteroatoms. The molecule has 0 saturated heterocycles. The molecule has 2 aromatic rings. The molecule has 2 atom stereocenters. The highest BCUT2D eigenvalue weighted by Crippen LogP contribution is 2.51. The topological polar surface area (TPSA) is 74.3 Å². The van der Waals surface area contributed by atoms with Gasteiger partial charge in [-0.3, -0.25) is 9.59 Å². The van der Waals surface area contributed by atoms with E-state index >= 15 is 0 Å². The van der Waals surface area contributed by atoms with E-state index in [2.05, 4.69) is 0 Å². The first kappa shape index (κ1) is 17.8. The summed E-state index contributed by atoms with van der Waals surface area (Å²) in [5.74, 6) is 1.98. The first-order chi connectivity index (χ1) is 14.0. The molecule has 1 amide bonds. The van der Waals surface area contributed by atoms with Crippen LogP contribution in [-0.2, 0) is 22.4 Å². The predicted molar refractivity (Wildman–Crippen MR) is 102 cm³/mol. The first-order valence-electron chi connectivity index (χ1n) is 9.56. The van der Waals surface area contributed by atoms with Gasteiger partial charge < -0.3 is 23.8 Å². The molecule has 2 unspecified atom stereocenters. The summed E-state index contributed by atoms with van der Waals surface area (Å²) in [5.41, 5.74) is 4.32. The fourth-order valence-corrected chi connectivity index (χ4v) is 4.77. The van der Waals surface area contributed by atoms with E-state index in [9.17, 15) is 9.59 Å². The number of methoxy groups -OCH3 is 1. The van der Waals surface area contributed by atoms with Crippen molar-refractivity contribution in [2.24, 2.45) is 0 Å². The van der Waals surface area contributed by atoms with Gasteiger partial charge in [0.05, 0.1) is 19.2 Å². The molecule has 0 fully saturated rings. The van der Waals surface area contributed by atoms with Gasteiger partial charge in [0.2, 0.25) is 12.7 Å². The molecule has 0 aromatic heterocycles. The molecule has 2 aromatic carbocycles. The number of nitrogens with zero attached hydrogens (tertiary/aromatic N) is 1. The number of benzene rings is 2. The van der Waals surface area contributed by atoms with Gasteiger partial charge in [-0.2, -0.15) is 0 Å². The van der Waals surface area contributed by atoms with Crippen LogP contribution in [0.4, 0.5) is 0 Å². The van der Waals surface area contributed by atoms with E-state index in [1.54, 1.807) is 14.0 Å². The first-order valence-corrected chi connectivity index (χ1v) is 9.56. The van der Waals surface area contributed by atoms with Crippen molar-refractivity contribution < 1.29 is 28.5 Å². The van der Waals surface area contributed by atoms with Crippen LogP contribution in [0, 0.1) is 0 Å². The summed E-state index contributed by atoms with van der Waals surface area (Å²) in [6.07, 6.45) is 1.29. The minimum Gasteiger partial charge on any atom is -0.493 e. The van der Waals surface area contributed by atoms with E-state index in [0.717, 1.165) is 28.0 Å². The molecule has 0 saturated carbocycles. The summed E-state index contributed by atoms with van der Waals surface area (Å²) in [4.78, 5) is 26.0. The van der Waals surface area contributed by atoms with Crippen LogP contribution in [0.1, 0.15) is 48.2 Å². The Morgan fingerprint density at radius 2 is 1.55 bits per heavy atom. The second-order valence-corrected chi connectivity index (χ2v) is 7.57. The molecule has 5 rings (SSSR count). The zero-order chi connectivity index (χ0) is 20.3. The summed E-state index contributed by atoms with van der Waals surface area (Å²) in [6.45, 7) is 3.18. The largest absolute Gasteiger partial charge is 0.493 e. The Morgan fingerprint density at radius 3 is 2.17 bits per heavy atom. The Kier molecular flexibility index (Phi) is 3.94. The molecule has 3 aliphatic heterocycles. The van der Waals surface area contributed by atoms with Crippen molar-refractivity contribution in [3.05, 3.63) is 46.5 Å². The Hall–Kier alpha value is -3.22. The fraction of sp³-hybridized carbons (Fsp3) is 0.364. The van der Waals surface area contributed by atoms with Gasteiger partial charge in [-0.05, 0) is 59.4 Å². The number of carbonyl (C=O) groups excluding carboxylic acids is 2. The van der Waals surface area contributed by atoms with E-state index in [1.807, 2.05) is 29.2 Å². The van der Waals surface area contributed by atoms with Crippen molar-refractivity contribution >= 4 is 11.9 Å². The molecule has 3 heterocycles. The number of amides is 1. The smallest absolute Gasteiger partial charge is 0.308 e. The number of esters is 1. The second kappa shape index (κ2) is 6.40. The lowest BCUT2D eigenvalue weighted by Gasteiger charge is -2.47. The lowest BCUT2D eigenvalue weighted by Crippen LogP contribution is -2.45. The van der Waals surface area contributed by atoms with Gasteiger partial charge >= 0.3 is 5.97 Å². The highest BCUT2D eigenvalue weighted by molar-refractivity contribution is 5.77. The highest BCUT2D eigenvalue weighted by atomic mass is 16.7. The number of carbonyl (C=O) groups is 2. The SMILES string of the molecule is COc1cc2c(cc1OC(C)=O)CC1c3cc4c(cc3CC2N1C(C)=O)OCO4. The minimum absolute atomic E-state index is 0.0250. The number of hydrogen-bond acceptors (Lipinski definition) is 6. The highest BCUT2D eigenvalue weighted by Gasteiger charge is 2.43. The van der Waals surface area contributed by atoms with Gasteiger partial charge in [-0.25, -0.2) is 0 Å². The average molecular weight is 395 g/mol. The van der Waals surface area contributed by atoms with Crippen molar-refractivity contribution in [2.45, 2.75) is 38.8 Å². The lowest BCUT2D eigenvalue weighted by atomic mass is 9.76. The van der Waals surface area contributed by atoms with Crippen LogP contribution in [0.2, 0.25) is 0 Å². The lowest BCUT2D eigenvalue weighted by molar-refractivity contribution is -0.135. The molecule has 0 aliphatic carbocycles. The van der Waals surface area contributed by atoms with Gasteiger partial charge in [0.1, 0.15) is 0 Å². The molecule has 3 aliphatic rings. The van der Waals surface area contributed by atoms with Crippen LogP contribution in [0.5, 0.6) is 23.0 Å². The number of ether oxygens (including phenoxy) is 4. The van der Waals surface area contributed by atoms with Crippen molar-refractivity contribution in [1.29, 1.82) is 0 Å². The van der Waals surface area contributed by atoms with Crippen LogP contribution in [-0.4, -0.2) is 30.7 Å². The summed E-state index contributed by atoms with van der Waals surface area (Å²) in [6, 6.07) is 7.56. The van der Waals surface area contributed by atoms with Crippen molar-refractivity contribution in [2.75, 3.05) is 13.9 Å². The van der Waals surface area contributed by atoms with Gasteiger partial charge in [0.15, 0.2) is 23.0 Å². The third-order valence-corrected chi connectivity index (χ3v) is 5.89. The van der Waals surface area contributed by atoms with Crippen molar-refractivity contribution in [3.8, 4) is 23.0 Å². The van der Waals surface area contributed by atoms with E-state index in [-0.39, 0.29) is 24.8 Å². The van der Waals surface area contributed by atoms with Crippen LogP contribution in [0.25, 0.3) is 0 Å². The molecule has 7 nitrogen and oxygen atoms in total.